The predicted molar refractivity (Wildman–Crippen MR) is 118 cm³/mol. The molecule has 0 unspecified atom stereocenters. The smallest absolute Gasteiger partial charge is 0.159 e. The molecule has 1 aromatic carbocycles. The van der Waals surface area contributed by atoms with Crippen molar-refractivity contribution in [3.05, 3.63) is 60.0 Å². The highest BCUT2D eigenvalue weighted by Crippen LogP contribution is 2.54. The van der Waals surface area contributed by atoms with Crippen LogP contribution in [-0.4, -0.2) is 25.7 Å². The van der Waals surface area contributed by atoms with Gasteiger partial charge in [-0.15, -0.1) is 12.4 Å². The maximum atomic E-state index is 4.48. The Labute approximate surface area is 176 Å². The van der Waals surface area contributed by atoms with Gasteiger partial charge in [-0.25, -0.2) is 9.97 Å². The third kappa shape index (κ3) is 2.87. The molecule has 3 N–H and O–H groups in total. The van der Waals surface area contributed by atoms with E-state index in [9.17, 15) is 0 Å². The van der Waals surface area contributed by atoms with Gasteiger partial charge in [-0.2, -0.15) is 0 Å². The normalized spacial score (nSPS) is 26.1. The van der Waals surface area contributed by atoms with Crippen LogP contribution in [0.2, 0.25) is 0 Å². The molecular formula is C23H26ClN5. The first-order valence-corrected chi connectivity index (χ1v) is 10.4. The lowest BCUT2D eigenvalue weighted by atomic mass is 9.55. The van der Waals surface area contributed by atoms with E-state index in [-0.39, 0.29) is 17.8 Å². The Balaban J connectivity index is 0.00000181. The molecule has 4 aromatic rings. The van der Waals surface area contributed by atoms with Gasteiger partial charge in [-0.05, 0) is 50.2 Å². The molecule has 6 heteroatoms. The van der Waals surface area contributed by atoms with Crippen LogP contribution in [0.1, 0.15) is 49.8 Å². The van der Waals surface area contributed by atoms with Crippen molar-refractivity contribution < 1.29 is 0 Å². The van der Waals surface area contributed by atoms with Crippen molar-refractivity contribution >= 4 is 34.3 Å². The van der Waals surface area contributed by atoms with Gasteiger partial charge in [0.1, 0.15) is 0 Å². The lowest BCUT2D eigenvalue weighted by molar-refractivity contribution is 0.0741. The fourth-order valence-electron chi connectivity index (χ4n) is 5.63. The van der Waals surface area contributed by atoms with Gasteiger partial charge in [0.15, 0.2) is 5.65 Å². The van der Waals surface area contributed by atoms with Crippen LogP contribution in [0.3, 0.4) is 0 Å². The van der Waals surface area contributed by atoms with E-state index in [4.69, 9.17) is 0 Å². The molecule has 3 fully saturated rings. The number of hydrogen-bond acceptors (Lipinski definition) is 3. The molecule has 7 rings (SSSR count). The molecule has 3 aromatic heterocycles. The van der Waals surface area contributed by atoms with E-state index in [0.717, 1.165) is 17.7 Å². The van der Waals surface area contributed by atoms with E-state index in [2.05, 4.69) is 61.9 Å². The van der Waals surface area contributed by atoms with Crippen molar-refractivity contribution in [1.82, 2.24) is 25.5 Å². The van der Waals surface area contributed by atoms with Crippen LogP contribution in [0.15, 0.2) is 48.8 Å². The van der Waals surface area contributed by atoms with Crippen LogP contribution in [0, 0.1) is 0 Å². The van der Waals surface area contributed by atoms with Crippen LogP contribution >= 0.6 is 12.4 Å². The fraction of sp³-hybridized carbons (Fsp3) is 0.391. The monoisotopic (exact) mass is 407 g/mol. The van der Waals surface area contributed by atoms with E-state index >= 15 is 0 Å². The molecule has 0 saturated heterocycles. The SMILES string of the molecule is Cl.c1ccc(CNC23CCC(c4[nH][nH]c5cnc6nccc6c45)(CC2)CC3)cc1. The summed E-state index contributed by atoms with van der Waals surface area (Å²) < 4.78 is 0. The summed E-state index contributed by atoms with van der Waals surface area (Å²) in [5.41, 5.74) is 5.25. The molecule has 0 amide bonds. The molecule has 0 spiro atoms. The summed E-state index contributed by atoms with van der Waals surface area (Å²) in [5, 5.41) is 13.3. The van der Waals surface area contributed by atoms with Crippen molar-refractivity contribution in [2.24, 2.45) is 0 Å². The number of fused-ring (bicyclic) bond motifs is 6. The van der Waals surface area contributed by atoms with Gasteiger partial charge in [-0.1, -0.05) is 30.3 Å². The van der Waals surface area contributed by atoms with Crippen LogP contribution in [0.5, 0.6) is 0 Å². The van der Waals surface area contributed by atoms with E-state index in [1.165, 1.54) is 60.6 Å². The zero-order valence-electron chi connectivity index (χ0n) is 16.4. The number of rotatable bonds is 4. The second kappa shape index (κ2) is 6.85. The summed E-state index contributed by atoms with van der Waals surface area (Å²) in [6, 6.07) is 12.9. The summed E-state index contributed by atoms with van der Waals surface area (Å²) in [4.78, 5) is 8.89. The molecule has 3 aliphatic rings. The third-order valence-corrected chi connectivity index (χ3v) is 7.39. The Morgan fingerprint density at radius 3 is 2.41 bits per heavy atom. The number of halogens is 1. The average molecular weight is 408 g/mol. The van der Waals surface area contributed by atoms with Gasteiger partial charge in [0, 0.05) is 40.2 Å². The number of nitrogens with zero attached hydrogens (tertiary/aromatic N) is 2. The Hall–Kier alpha value is -2.37. The first-order valence-electron chi connectivity index (χ1n) is 10.4. The Kier molecular flexibility index (Phi) is 4.41. The Bertz CT molecular complexity index is 1120. The van der Waals surface area contributed by atoms with Crippen molar-refractivity contribution in [2.45, 2.75) is 56.0 Å². The predicted octanol–water partition coefficient (Wildman–Crippen LogP) is 5.00. The van der Waals surface area contributed by atoms with Crippen LogP contribution in [0.4, 0.5) is 0 Å². The number of aromatic nitrogens is 4. The average Bonchev–Trinajstić information content (AvgIpc) is 3.41. The van der Waals surface area contributed by atoms with Crippen LogP contribution in [0.25, 0.3) is 21.9 Å². The molecule has 2 bridgehead atoms. The zero-order valence-corrected chi connectivity index (χ0v) is 17.2. The molecule has 3 heterocycles. The first-order chi connectivity index (χ1) is 13.8. The quantitative estimate of drug-likeness (QED) is 0.446. The minimum absolute atomic E-state index is 0. The van der Waals surface area contributed by atoms with E-state index in [1.807, 2.05) is 12.4 Å². The van der Waals surface area contributed by atoms with Crippen LogP contribution < -0.4 is 5.32 Å². The minimum Gasteiger partial charge on any atom is -0.307 e. The van der Waals surface area contributed by atoms with Gasteiger partial charge in [0.2, 0.25) is 0 Å². The molecule has 150 valence electrons. The van der Waals surface area contributed by atoms with Gasteiger partial charge in [0.25, 0.3) is 0 Å². The molecule has 0 radical (unpaired) electrons. The number of aromatic amines is 2. The summed E-state index contributed by atoms with van der Waals surface area (Å²) in [7, 11) is 0. The summed E-state index contributed by atoms with van der Waals surface area (Å²) >= 11 is 0. The van der Waals surface area contributed by atoms with Crippen molar-refractivity contribution in [3.63, 3.8) is 0 Å². The van der Waals surface area contributed by atoms with Crippen molar-refractivity contribution in [1.29, 1.82) is 0 Å². The number of nitrogens with one attached hydrogen (secondary N) is 3. The largest absolute Gasteiger partial charge is 0.307 e. The van der Waals surface area contributed by atoms with Gasteiger partial charge in [-0.3, -0.25) is 5.10 Å². The standard InChI is InChI=1S/C23H25N5.ClH/c1-2-4-16(5-3-1)14-26-23-10-7-22(8-11-23,9-12-23)20-19-17-6-13-24-21(17)25-15-18(19)27-28-20;/h1-6,13,15,26-28H,7-12,14H2;1H. The molecule has 5 nitrogen and oxygen atoms in total. The van der Waals surface area contributed by atoms with Crippen molar-refractivity contribution in [2.75, 3.05) is 0 Å². The molecule has 0 atom stereocenters. The summed E-state index contributed by atoms with van der Waals surface area (Å²) in [5.74, 6) is 0. The van der Waals surface area contributed by atoms with Gasteiger partial charge >= 0.3 is 0 Å². The summed E-state index contributed by atoms with van der Waals surface area (Å²) in [6.45, 7) is 0.971. The van der Waals surface area contributed by atoms with E-state index in [0.29, 0.717) is 5.54 Å². The molecular weight excluding hydrogens is 382 g/mol. The minimum atomic E-state index is 0. The van der Waals surface area contributed by atoms with E-state index < -0.39 is 0 Å². The fourth-order valence-corrected chi connectivity index (χ4v) is 5.63. The third-order valence-electron chi connectivity index (χ3n) is 7.39. The highest BCUT2D eigenvalue weighted by Gasteiger charge is 2.50. The van der Waals surface area contributed by atoms with Crippen molar-refractivity contribution in [3.8, 4) is 0 Å². The second-order valence-electron chi connectivity index (χ2n) is 8.75. The topological polar surface area (TPSA) is 69.4 Å². The summed E-state index contributed by atoms with van der Waals surface area (Å²) in [6.07, 6.45) is 11.2. The lowest BCUT2D eigenvalue weighted by Crippen LogP contribution is -2.56. The zero-order chi connectivity index (χ0) is 18.6. The lowest BCUT2D eigenvalue weighted by Gasteiger charge is -2.53. The number of pyridine rings is 1. The van der Waals surface area contributed by atoms with Gasteiger partial charge in [0.05, 0.1) is 11.7 Å². The van der Waals surface area contributed by atoms with Crippen LogP contribution in [-0.2, 0) is 12.0 Å². The Morgan fingerprint density at radius 2 is 1.66 bits per heavy atom. The molecule has 0 aliphatic heterocycles. The molecule has 29 heavy (non-hydrogen) atoms. The maximum absolute atomic E-state index is 4.48. The maximum Gasteiger partial charge on any atom is 0.159 e. The number of H-pyrrole nitrogens is 2. The number of hydrogen-bond donors (Lipinski definition) is 3. The van der Waals surface area contributed by atoms with E-state index in [1.54, 1.807) is 0 Å². The highest BCUT2D eigenvalue weighted by molar-refractivity contribution is 6.05. The van der Waals surface area contributed by atoms with Gasteiger partial charge < -0.3 is 10.4 Å². The molecule has 3 aliphatic carbocycles. The number of benzene rings is 1. The first kappa shape index (κ1) is 18.6. The second-order valence-corrected chi connectivity index (χ2v) is 8.75. The Morgan fingerprint density at radius 1 is 0.897 bits per heavy atom. The molecule has 3 saturated carbocycles. The highest BCUT2D eigenvalue weighted by atomic mass is 35.5.